The zero-order valence-electron chi connectivity index (χ0n) is 11.8. The van der Waals surface area contributed by atoms with Crippen LogP contribution in [0.2, 0.25) is 0 Å². The van der Waals surface area contributed by atoms with Crippen LogP contribution in [0.3, 0.4) is 0 Å². The molecule has 0 aliphatic rings. The maximum Gasteiger partial charge on any atom is 0.119 e. The fourth-order valence-corrected chi connectivity index (χ4v) is 2.22. The van der Waals surface area contributed by atoms with Crippen LogP contribution in [-0.4, -0.2) is 6.61 Å². The molecule has 3 heteroatoms. The Kier molecular flexibility index (Phi) is 6.76. The summed E-state index contributed by atoms with van der Waals surface area (Å²) in [5.41, 5.74) is 4.16. The lowest BCUT2D eigenvalue weighted by Gasteiger charge is -2.21. The number of rotatable bonds is 8. The highest BCUT2D eigenvalue weighted by molar-refractivity contribution is 5.29. The van der Waals surface area contributed by atoms with E-state index in [1.807, 2.05) is 19.1 Å². The topological polar surface area (TPSA) is 47.3 Å². The van der Waals surface area contributed by atoms with E-state index in [1.54, 1.807) is 0 Å². The van der Waals surface area contributed by atoms with Gasteiger partial charge in [0.2, 0.25) is 0 Å². The summed E-state index contributed by atoms with van der Waals surface area (Å²) in [6.45, 7) is 7.16. The van der Waals surface area contributed by atoms with E-state index in [1.165, 1.54) is 18.4 Å². The third kappa shape index (κ3) is 4.31. The molecule has 0 aliphatic heterocycles. The van der Waals surface area contributed by atoms with E-state index in [4.69, 9.17) is 10.6 Å². The molecule has 1 rings (SSSR count). The molecule has 0 aliphatic carbocycles. The van der Waals surface area contributed by atoms with Crippen molar-refractivity contribution in [2.45, 2.75) is 46.1 Å². The maximum absolute atomic E-state index is 5.68. The second-order valence-electron chi connectivity index (χ2n) is 4.64. The number of hydrogen-bond acceptors (Lipinski definition) is 3. The van der Waals surface area contributed by atoms with Crippen molar-refractivity contribution in [3.8, 4) is 5.75 Å². The van der Waals surface area contributed by atoms with E-state index in [2.05, 4.69) is 31.4 Å². The molecule has 0 saturated heterocycles. The van der Waals surface area contributed by atoms with Crippen molar-refractivity contribution in [3.63, 3.8) is 0 Å². The Hall–Kier alpha value is -1.06. The Morgan fingerprint density at radius 3 is 2.17 bits per heavy atom. The standard InChI is InChI=1S/C15H26N2O/c1-4-12(5-2)11-15(17-16)13-7-9-14(10-8-13)18-6-3/h7-10,12,15,17H,4-6,11,16H2,1-3H3. The van der Waals surface area contributed by atoms with E-state index in [-0.39, 0.29) is 6.04 Å². The molecule has 0 bridgehead atoms. The van der Waals surface area contributed by atoms with Gasteiger partial charge in [-0.25, -0.2) is 0 Å². The molecule has 102 valence electrons. The first-order valence-electron chi connectivity index (χ1n) is 6.93. The van der Waals surface area contributed by atoms with Crippen molar-refractivity contribution in [2.24, 2.45) is 11.8 Å². The summed E-state index contributed by atoms with van der Waals surface area (Å²) in [7, 11) is 0. The lowest BCUT2D eigenvalue weighted by molar-refractivity contribution is 0.339. The van der Waals surface area contributed by atoms with Crippen molar-refractivity contribution in [3.05, 3.63) is 29.8 Å². The van der Waals surface area contributed by atoms with Crippen LogP contribution in [-0.2, 0) is 0 Å². The molecule has 0 radical (unpaired) electrons. The first-order valence-corrected chi connectivity index (χ1v) is 6.93. The van der Waals surface area contributed by atoms with Crippen LogP contribution >= 0.6 is 0 Å². The normalized spacial score (nSPS) is 12.7. The molecule has 0 spiro atoms. The third-order valence-electron chi connectivity index (χ3n) is 3.52. The summed E-state index contributed by atoms with van der Waals surface area (Å²) in [4.78, 5) is 0. The minimum absolute atomic E-state index is 0.227. The van der Waals surface area contributed by atoms with Crippen LogP contribution in [0.25, 0.3) is 0 Å². The van der Waals surface area contributed by atoms with Crippen molar-refractivity contribution >= 4 is 0 Å². The fraction of sp³-hybridized carbons (Fsp3) is 0.600. The van der Waals surface area contributed by atoms with E-state index >= 15 is 0 Å². The molecule has 0 fully saturated rings. The molecular weight excluding hydrogens is 224 g/mol. The minimum atomic E-state index is 0.227. The van der Waals surface area contributed by atoms with Crippen LogP contribution in [0.4, 0.5) is 0 Å². The molecule has 18 heavy (non-hydrogen) atoms. The Balaban J connectivity index is 2.69. The predicted molar refractivity (Wildman–Crippen MR) is 76.4 cm³/mol. The Morgan fingerprint density at radius 2 is 1.72 bits per heavy atom. The number of nitrogens with one attached hydrogen (secondary N) is 1. The van der Waals surface area contributed by atoms with Gasteiger partial charge in [0.15, 0.2) is 0 Å². The molecular formula is C15H26N2O. The lowest BCUT2D eigenvalue weighted by Crippen LogP contribution is -2.29. The van der Waals surface area contributed by atoms with Crippen LogP contribution in [0.5, 0.6) is 5.75 Å². The van der Waals surface area contributed by atoms with E-state index < -0.39 is 0 Å². The Labute approximate surface area is 111 Å². The highest BCUT2D eigenvalue weighted by Crippen LogP contribution is 2.26. The van der Waals surface area contributed by atoms with Gasteiger partial charge in [0.05, 0.1) is 6.61 Å². The van der Waals surface area contributed by atoms with Gasteiger partial charge in [0.25, 0.3) is 0 Å². The molecule has 0 aromatic heterocycles. The summed E-state index contributed by atoms with van der Waals surface area (Å²) in [6.07, 6.45) is 3.48. The molecule has 1 atom stereocenters. The van der Waals surface area contributed by atoms with Gasteiger partial charge in [0, 0.05) is 6.04 Å². The highest BCUT2D eigenvalue weighted by Gasteiger charge is 2.14. The molecule has 3 nitrogen and oxygen atoms in total. The van der Waals surface area contributed by atoms with Crippen molar-refractivity contribution in [1.82, 2.24) is 5.43 Å². The summed E-state index contributed by atoms with van der Waals surface area (Å²) >= 11 is 0. The Morgan fingerprint density at radius 1 is 1.11 bits per heavy atom. The molecule has 0 saturated carbocycles. The van der Waals surface area contributed by atoms with Crippen LogP contribution in [0, 0.1) is 5.92 Å². The lowest BCUT2D eigenvalue weighted by atomic mass is 9.91. The van der Waals surface area contributed by atoms with Crippen LogP contribution in [0.1, 0.15) is 51.6 Å². The predicted octanol–water partition coefficient (Wildman–Crippen LogP) is 3.42. The van der Waals surface area contributed by atoms with Gasteiger partial charge in [-0.3, -0.25) is 11.3 Å². The van der Waals surface area contributed by atoms with Gasteiger partial charge in [-0.2, -0.15) is 0 Å². The highest BCUT2D eigenvalue weighted by atomic mass is 16.5. The van der Waals surface area contributed by atoms with Gasteiger partial charge in [-0.05, 0) is 37.0 Å². The van der Waals surface area contributed by atoms with Gasteiger partial charge < -0.3 is 4.74 Å². The monoisotopic (exact) mass is 250 g/mol. The zero-order valence-corrected chi connectivity index (χ0v) is 11.8. The quantitative estimate of drug-likeness (QED) is 0.549. The Bertz CT molecular complexity index is 320. The van der Waals surface area contributed by atoms with Crippen LogP contribution in [0.15, 0.2) is 24.3 Å². The molecule has 1 aromatic rings. The van der Waals surface area contributed by atoms with Crippen molar-refractivity contribution < 1.29 is 4.74 Å². The fourth-order valence-electron chi connectivity index (χ4n) is 2.22. The average molecular weight is 250 g/mol. The van der Waals surface area contributed by atoms with E-state index in [9.17, 15) is 0 Å². The molecule has 0 heterocycles. The maximum atomic E-state index is 5.68. The minimum Gasteiger partial charge on any atom is -0.494 e. The van der Waals surface area contributed by atoms with Crippen molar-refractivity contribution in [1.29, 1.82) is 0 Å². The summed E-state index contributed by atoms with van der Waals surface area (Å²) < 4.78 is 5.45. The van der Waals surface area contributed by atoms with E-state index in [0.29, 0.717) is 6.61 Å². The molecule has 0 amide bonds. The second kappa shape index (κ2) is 8.11. The number of hydrazine groups is 1. The molecule has 1 unspecified atom stereocenters. The number of ether oxygens (including phenoxy) is 1. The SMILES string of the molecule is CCOc1ccc(C(CC(CC)CC)NN)cc1. The second-order valence-corrected chi connectivity index (χ2v) is 4.64. The van der Waals surface area contributed by atoms with Gasteiger partial charge in [-0.15, -0.1) is 0 Å². The van der Waals surface area contributed by atoms with Crippen molar-refractivity contribution in [2.75, 3.05) is 6.61 Å². The van der Waals surface area contributed by atoms with Gasteiger partial charge in [-0.1, -0.05) is 38.8 Å². The number of nitrogens with two attached hydrogens (primary N) is 1. The average Bonchev–Trinajstić information content (AvgIpc) is 2.42. The summed E-state index contributed by atoms with van der Waals surface area (Å²) in [6, 6.07) is 8.44. The smallest absolute Gasteiger partial charge is 0.119 e. The van der Waals surface area contributed by atoms with Gasteiger partial charge >= 0.3 is 0 Å². The first-order chi connectivity index (χ1) is 8.74. The number of hydrogen-bond donors (Lipinski definition) is 2. The van der Waals surface area contributed by atoms with Crippen LogP contribution < -0.4 is 16.0 Å². The molecule has 3 N–H and O–H groups in total. The van der Waals surface area contributed by atoms with Gasteiger partial charge in [0.1, 0.15) is 5.75 Å². The largest absolute Gasteiger partial charge is 0.494 e. The summed E-state index contributed by atoms with van der Waals surface area (Å²) in [5.74, 6) is 7.31. The molecule has 1 aromatic carbocycles. The summed E-state index contributed by atoms with van der Waals surface area (Å²) in [5, 5.41) is 0. The van der Waals surface area contributed by atoms with E-state index in [0.717, 1.165) is 18.1 Å². The number of benzene rings is 1. The zero-order chi connectivity index (χ0) is 13.4. The third-order valence-corrected chi connectivity index (χ3v) is 3.52. The first kappa shape index (κ1) is 15.0.